The van der Waals surface area contributed by atoms with Crippen molar-refractivity contribution >= 4 is 26.5 Å². The van der Waals surface area contributed by atoms with Crippen LogP contribution in [0.3, 0.4) is 0 Å². The maximum atomic E-state index is 13.6. The first-order valence-corrected chi connectivity index (χ1v) is 14.5. The number of alkyl halides is 3. The molecule has 6 rings (SSSR count). The van der Waals surface area contributed by atoms with Crippen LogP contribution in [0.4, 0.5) is 18.3 Å². The van der Waals surface area contributed by atoms with Gasteiger partial charge in [-0.15, -0.1) is 11.3 Å². The largest absolute Gasteiger partial charge is 0.487 e. The topological polar surface area (TPSA) is 95.3 Å². The first kappa shape index (κ1) is 25.7. The molecule has 2 aliphatic rings. The van der Waals surface area contributed by atoms with Gasteiger partial charge in [0.05, 0.1) is 16.2 Å². The van der Waals surface area contributed by atoms with Gasteiger partial charge < -0.3 is 9.47 Å². The summed E-state index contributed by atoms with van der Waals surface area (Å²) < 4.78 is 83.4. The van der Waals surface area contributed by atoms with Crippen molar-refractivity contribution in [3.63, 3.8) is 0 Å². The number of aromatic nitrogens is 3. The third-order valence-corrected chi connectivity index (χ3v) is 9.27. The number of aryl methyl sites for hydroxylation is 1. The number of fused-ring (bicyclic) bond motifs is 1. The van der Waals surface area contributed by atoms with Crippen molar-refractivity contribution in [2.45, 2.75) is 48.5 Å². The van der Waals surface area contributed by atoms with Crippen LogP contribution in [-0.4, -0.2) is 28.8 Å². The minimum Gasteiger partial charge on any atom is -0.487 e. The van der Waals surface area contributed by atoms with Crippen molar-refractivity contribution in [2.75, 3.05) is 4.72 Å². The van der Waals surface area contributed by atoms with Crippen LogP contribution in [-0.2, 0) is 23.2 Å². The zero-order valence-electron chi connectivity index (χ0n) is 20.6. The maximum Gasteiger partial charge on any atom is 0.416 e. The van der Waals surface area contributed by atoms with E-state index in [0.29, 0.717) is 23.4 Å². The van der Waals surface area contributed by atoms with Crippen molar-refractivity contribution in [1.82, 2.24) is 14.8 Å². The number of nitrogens with one attached hydrogen (secondary N) is 1. The van der Waals surface area contributed by atoms with Crippen LogP contribution in [0.2, 0.25) is 0 Å². The van der Waals surface area contributed by atoms with E-state index in [-0.39, 0.29) is 21.3 Å². The van der Waals surface area contributed by atoms with Crippen LogP contribution in [0.25, 0.3) is 11.3 Å². The maximum absolute atomic E-state index is 13.6. The highest BCUT2D eigenvalue weighted by molar-refractivity contribution is 7.93. The van der Waals surface area contributed by atoms with Gasteiger partial charge in [0, 0.05) is 48.4 Å². The molecule has 1 spiro atoms. The smallest absolute Gasteiger partial charge is 0.416 e. The van der Waals surface area contributed by atoms with Crippen LogP contribution in [0.1, 0.15) is 42.9 Å². The molecule has 0 saturated heterocycles. The summed E-state index contributed by atoms with van der Waals surface area (Å²) in [5.74, 6) is 0.642. The summed E-state index contributed by atoms with van der Waals surface area (Å²) in [5.41, 5.74) is 0.0263. The van der Waals surface area contributed by atoms with E-state index in [1.54, 1.807) is 24.6 Å². The lowest BCUT2D eigenvalue weighted by Crippen LogP contribution is -2.47. The number of benzene rings is 2. The molecule has 0 bridgehead atoms. The normalized spacial score (nSPS) is 18.2. The zero-order chi connectivity index (χ0) is 27.4. The fraction of sp³-hybridized carbons (Fsp3) is 0.308. The number of thiazole rings is 1. The summed E-state index contributed by atoms with van der Waals surface area (Å²) in [6.07, 6.45) is 0.880. The van der Waals surface area contributed by atoms with E-state index in [0.717, 1.165) is 42.7 Å². The highest BCUT2D eigenvalue weighted by Crippen LogP contribution is 2.51. The molecule has 13 heteroatoms. The Morgan fingerprint density at radius 3 is 2.62 bits per heavy atom. The van der Waals surface area contributed by atoms with E-state index < -0.39 is 33.5 Å². The second kappa shape index (κ2) is 9.26. The number of hydrogen-bond acceptors (Lipinski definition) is 7. The van der Waals surface area contributed by atoms with Crippen molar-refractivity contribution in [3.05, 3.63) is 71.4 Å². The second-order valence-corrected chi connectivity index (χ2v) is 12.2. The molecule has 1 atom stereocenters. The van der Waals surface area contributed by atoms with Crippen molar-refractivity contribution < 1.29 is 31.1 Å². The number of nitrogens with zero attached hydrogens (tertiary/aromatic N) is 3. The summed E-state index contributed by atoms with van der Waals surface area (Å²) in [7, 11) is -2.27. The van der Waals surface area contributed by atoms with E-state index in [9.17, 15) is 21.6 Å². The van der Waals surface area contributed by atoms with E-state index in [2.05, 4.69) is 14.8 Å². The molecule has 4 aromatic rings. The Hall–Kier alpha value is -3.58. The van der Waals surface area contributed by atoms with Gasteiger partial charge in [-0.1, -0.05) is 6.07 Å². The minimum atomic E-state index is -4.53. The molecule has 1 saturated carbocycles. The van der Waals surface area contributed by atoms with Gasteiger partial charge in [0.15, 0.2) is 5.13 Å². The summed E-state index contributed by atoms with van der Waals surface area (Å²) in [6.45, 7) is 0. The molecule has 1 aliphatic carbocycles. The Labute approximate surface area is 226 Å². The SMILES string of the molecule is Cn1nccc1-c1cc(C(F)(F)F)ccc1O[C@@H]1CC2(CCC2)Oc2cc(S(=O)(=O)Nc3nccs3)ccc21. The third kappa shape index (κ3) is 4.84. The number of hydrogen-bond donors (Lipinski definition) is 1. The van der Waals surface area contributed by atoms with Crippen LogP contribution >= 0.6 is 11.3 Å². The first-order valence-electron chi connectivity index (χ1n) is 12.1. The van der Waals surface area contributed by atoms with Gasteiger partial charge in [0.25, 0.3) is 10.0 Å². The molecule has 1 fully saturated rings. The average Bonchev–Trinajstić information content (AvgIpc) is 3.53. The second-order valence-electron chi connectivity index (χ2n) is 9.64. The molecule has 1 N–H and O–H groups in total. The zero-order valence-corrected chi connectivity index (χ0v) is 22.2. The molecule has 0 amide bonds. The number of sulfonamides is 1. The monoisotopic (exact) mass is 576 g/mol. The van der Waals surface area contributed by atoms with E-state index >= 15 is 0 Å². The molecule has 2 aromatic heterocycles. The Bertz CT molecular complexity index is 1630. The summed E-state index contributed by atoms with van der Waals surface area (Å²) in [5, 5.41) is 6.02. The highest BCUT2D eigenvalue weighted by atomic mass is 32.2. The highest BCUT2D eigenvalue weighted by Gasteiger charge is 2.47. The molecular formula is C26H23F3N4O4S2. The van der Waals surface area contributed by atoms with E-state index in [1.807, 2.05) is 0 Å². The summed E-state index contributed by atoms with van der Waals surface area (Å²) >= 11 is 1.16. The molecule has 204 valence electrons. The third-order valence-electron chi connectivity index (χ3n) is 7.12. The molecule has 8 nitrogen and oxygen atoms in total. The standard InChI is InChI=1S/C26H23F3N4O4S2/c1-33-20(7-10-31-33)19-13-16(26(27,28)29)3-6-21(19)36-23-15-25(8-2-9-25)37-22-14-17(4-5-18(22)23)39(34,35)32-24-30-11-12-38-24/h3-7,10-14,23H,2,8-9,15H2,1H3,(H,30,32)/t23-/m1/s1. The predicted octanol–water partition coefficient (Wildman–Crippen LogP) is 6.19. The molecule has 2 aromatic carbocycles. The molecule has 0 radical (unpaired) electrons. The lowest BCUT2D eigenvalue weighted by molar-refractivity contribution is -0.137. The Kier molecular flexibility index (Phi) is 6.10. The molecule has 3 heterocycles. The van der Waals surface area contributed by atoms with Gasteiger partial charge in [-0.3, -0.25) is 9.40 Å². The van der Waals surface area contributed by atoms with Gasteiger partial charge in [0.2, 0.25) is 0 Å². The number of rotatable bonds is 6. The summed E-state index contributed by atoms with van der Waals surface area (Å²) in [6, 6.07) is 9.57. The minimum absolute atomic E-state index is 0.0108. The van der Waals surface area contributed by atoms with Crippen LogP contribution in [0, 0.1) is 0 Å². The van der Waals surface area contributed by atoms with Crippen LogP contribution in [0.15, 0.2) is 65.1 Å². The Balaban J connectivity index is 1.38. The fourth-order valence-electron chi connectivity index (χ4n) is 4.99. The van der Waals surface area contributed by atoms with E-state index in [4.69, 9.17) is 9.47 Å². The quantitative estimate of drug-likeness (QED) is 0.294. The van der Waals surface area contributed by atoms with Crippen molar-refractivity contribution in [2.24, 2.45) is 7.05 Å². The lowest BCUT2D eigenvalue weighted by Gasteiger charge is -2.47. The van der Waals surface area contributed by atoms with Gasteiger partial charge in [-0.25, -0.2) is 13.4 Å². The lowest BCUT2D eigenvalue weighted by atomic mass is 9.73. The van der Waals surface area contributed by atoms with Gasteiger partial charge in [-0.05, 0) is 49.6 Å². The van der Waals surface area contributed by atoms with Crippen LogP contribution in [0.5, 0.6) is 11.5 Å². The Morgan fingerprint density at radius 2 is 1.97 bits per heavy atom. The fourth-order valence-corrected chi connectivity index (χ4v) is 6.79. The number of ether oxygens (including phenoxy) is 2. The van der Waals surface area contributed by atoms with Gasteiger partial charge >= 0.3 is 6.18 Å². The van der Waals surface area contributed by atoms with Gasteiger partial charge in [-0.2, -0.15) is 18.3 Å². The average molecular weight is 577 g/mol. The predicted molar refractivity (Wildman–Crippen MR) is 138 cm³/mol. The molecular weight excluding hydrogens is 553 g/mol. The van der Waals surface area contributed by atoms with Gasteiger partial charge in [0.1, 0.15) is 23.2 Å². The number of halogens is 3. The molecule has 39 heavy (non-hydrogen) atoms. The molecule has 1 aliphatic heterocycles. The van der Waals surface area contributed by atoms with E-state index in [1.165, 1.54) is 35.3 Å². The Morgan fingerprint density at radius 1 is 1.15 bits per heavy atom. The van der Waals surface area contributed by atoms with Crippen molar-refractivity contribution in [3.8, 4) is 22.8 Å². The molecule has 0 unspecified atom stereocenters. The summed E-state index contributed by atoms with van der Waals surface area (Å²) in [4.78, 5) is 3.99. The van der Waals surface area contributed by atoms with Crippen LogP contribution < -0.4 is 14.2 Å². The number of anilines is 1. The first-order chi connectivity index (χ1) is 18.5. The van der Waals surface area contributed by atoms with Crippen molar-refractivity contribution in [1.29, 1.82) is 0 Å².